The number of benzene rings is 1. The highest BCUT2D eigenvalue weighted by Crippen LogP contribution is 2.18. The monoisotopic (exact) mass is 299 g/mol. The van der Waals surface area contributed by atoms with E-state index in [-0.39, 0.29) is 18.6 Å². The second-order valence-corrected chi connectivity index (χ2v) is 3.89. The molecule has 3 nitrogen and oxygen atoms in total. The molecule has 0 unspecified atom stereocenters. The third kappa shape index (κ3) is 3.53. The summed E-state index contributed by atoms with van der Waals surface area (Å²) in [6.45, 7) is 1.94. The van der Waals surface area contributed by atoms with E-state index in [9.17, 15) is 9.18 Å². The molecular formula is C12H11BrFNO2. The van der Waals surface area contributed by atoms with E-state index in [1.807, 2.05) is 6.07 Å². The van der Waals surface area contributed by atoms with Crippen LogP contribution in [0.4, 0.5) is 4.39 Å². The number of alkyl halides is 1. The zero-order valence-corrected chi connectivity index (χ0v) is 10.9. The lowest BCUT2D eigenvalue weighted by Crippen LogP contribution is -2.09. The summed E-state index contributed by atoms with van der Waals surface area (Å²) in [5, 5.41) is 9.29. The first-order valence-corrected chi connectivity index (χ1v) is 6.17. The molecule has 0 N–H and O–H groups in total. The maximum Gasteiger partial charge on any atom is 0.310 e. The van der Waals surface area contributed by atoms with Gasteiger partial charge in [0, 0.05) is 10.9 Å². The molecule has 0 aliphatic heterocycles. The van der Waals surface area contributed by atoms with E-state index in [4.69, 9.17) is 10.00 Å². The molecule has 0 aliphatic rings. The van der Waals surface area contributed by atoms with Crippen LogP contribution in [-0.4, -0.2) is 12.6 Å². The Kier molecular flexibility index (Phi) is 5.11. The number of halogens is 2. The molecule has 1 rings (SSSR count). The van der Waals surface area contributed by atoms with Crippen molar-refractivity contribution in [2.24, 2.45) is 0 Å². The highest BCUT2D eigenvalue weighted by molar-refractivity contribution is 9.08. The zero-order valence-electron chi connectivity index (χ0n) is 9.30. The summed E-state index contributed by atoms with van der Waals surface area (Å²) >= 11 is 3.17. The quantitative estimate of drug-likeness (QED) is 0.634. The van der Waals surface area contributed by atoms with Crippen LogP contribution in [0.2, 0.25) is 0 Å². The van der Waals surface area contributed by atoms with E-state index in [2.05, 4.69) is 15.9 Å². The van der Waals surface area contributed by atoms with Crippen molar-refractivity contribution in [2.45, 2.75) is 18.7 Å². The van der Waals surface area contributed by atoms with Crippen LogP contribution < -0.4 is 0 Å². The number of nitrogens with zero attached hydrogens (tertiary/aromatic N) is 1. The van der Waals surface area contributed by atoms with E-state index in [1.165, 1.54) is 12.1 Å². The summed E-state index contributed by atoms with van der Waals surface area (Å²) in [6.07, 6.45) is -0.156. The lowest BCUT2D eigenvalue weighted by molar-refractivity contribution is -0.142. The van der Waals surface area contributed by atoms with E-state index >= 15 is 0 Å². The van der Waals surface area contributed by atoms with Crippen LogP contribution in [0.1, 0.15) is 23.6 Å². The molecule has 1 aromatic carbocycles. The minimum absolute atomic E-state index is 0.156. The van der Waals surface area contributed by atoms with E-state index in [0.29, 0.717) is 16.5 Å². The third-order valence-corrected chi connectivity index (χ3v) is 2.78. The Hall–Kier alpha value is -1.41. The summed E-state index contributed by atoms with van der Waals surface area (Å²) in [7, 11) is 0. The molecule has 90 valence electrons. The van der Waals surface area contributed by atoms with Crippen LogP contribution in [-0.2, 0) is 21.3 Å². The van der Waals surface area contributed by atoms with Gasteiger partial charge in [-0.25, -0.2) is 4.39 Å². The highest BCUT2D eigenvalue weighted by atomic mass is 79.9. The van der Waals surface area contributed by atoms with Crippen molar-refractivity contribution in [2.75, 3.05) is 6.61 Å². The molecule has 0 aromatic heterocycles. The van der Waals surface area contributed by atoms with Crippen LogP contribution in [0.5, 0.6) is 0 Å². The van der Waals surface area contributed by atoms with Crippen molar-refractivity contribution < 1.29 is 13.9 Å². The van der Waals surface area contributed by atoms with Crippen LogP contribution in [0, 0.1) is 17.1 Å². The first-order chi connectivity index (χ1) is 8.12. The van der Waals surface area contributed by atoms with Gasteiger partial charge in [0.15, 0.2) is 0 Å². The fraction of sp³-hybridized carbons (Fsp3) is 0.333. The van der Waals surface area contributed by atoms with E-state index in [0.717, 1.165) is 0 Å². The summed E-state index contributed by atoms with van der Waals surface area (Å²) in [5.74, 6) is -0.992. The summed E-state index contributed by atoms with van der Waals surface area (Å²) in [5.41, 5.74) is 1.12. The number of hydrogen-bond acceptors (Lipinski definition) is 3. The Labute approximate surface area is 107 Å². The van der Waals surface area contributed by atoms with E-state index in [1.54, 1.807) is 6.92 Å². The third-order valence-electron chi connectivity index (χ3n) is 2.18. The van der Waals surface area contributed by atoms with Crippen molar-refractivity contribution in [3.8, 4) is 6.07 Å². The Bertz CT molecular complexity index is 468. The van der Waals surface area contributed by atoms with Gasteiger partial charge in [0.1, 0.15) is 5.82 Å². The lowest BCUT2D eigenvalue weighted by atomic mass is 10.0. The second kappa shape index (κ2) is 6.36. The van der Waals surface area contributed by atoms with Crippen molar-refractivity contribution in [1.82, 2.24) is 0 Å². The fourth-order valence-electron chi connectivity index (χ4n) is 1.38. The van der Waals surface area contributed by atoms with Gasteiger partial charge in [-0.15, -0.1) is 0 Å². The molecule has 0 fully saturated rings. The summed E-state index contributed by atoms with van der Waals surface area (Å²) in [6, 6.07) is 4.63. The van der Waals surface area contributed by atoms with Gasteiger partial charge in [-0.3, -0.25) is 4.79 Å². The number of carbonyl (C=O) groups excluding carboxylic acids is 1. The van der Waals surface area contributed by atoms with Gasteiger partial charge >= 0.3 is 5.97 Å². The van der Waals surface area contributed by atoms with Crippen molar-refractivity contribution in [3.05, 3.63) is 34.6 Å². The molecule has 0 spiro atoms. The van der Waals surface area contributed by atoms with Gasteiger partial charge < -0.3 is 4.74 Å². The SMILES string of the molecule is CCOC(=O)Cc1cc(C#N)c(CBr)cc1F. The molecule has 0 amide bonds. The number of rotatable bonds is 4. The van der Waals surface area contributed by atoms with Crippen molar-refractivity contribution in [1.29, 1.82) is 5.26 Å². The van der Waals surface area contributed by atoms with Gasteiger partial charge in [-0.1, -0.05) is 15.9 Å². The zero-order chi connectivity index (χ0) is 12.8. The van der Waals surface area contributed by atoms with Crippen LogP contribution in [0.15, 0.2) is 12.1 Å². The molecule has 0 bridgehead atoms. The standard InChI is InChI=1S/C12H11BrFNO2/c1-2-17-12(16)5-8-3-10(7-15)9(6-13)4-11(8)14/h3-4H,2,5-6H2,1H3. The van der Waals surface area contributed by atoms with Gasteiger partial charge in [0.05, 0.1) is 24.7 Å². The number of carbonyl (C=O) groups is 1. The molecule has 17 heavy (non-hydrogen) atoms. The maximum absolute atomic E-state index is 13.6. The molecule has 0 atom stereocenters. The summed E-state index contributed by atoms with van der Waals surface area (Å²) in [4.78, 5) is 11.2. The molecule has 1 aromatic rings. The largest absolute Gasteiger partial charge is 0.466 e. The average molecular weight is 300 g/mol. The van der Waals surface area contributed by atoms with Gasteiger partial charge in [0.25, 0.3) is 0 Å². The first-order valence-electron chi connectivity index (χ1n) is 5.05. The lowest BCUT2D eigenvalue weighted by Gasteiger charge is -2.06. The topological polar surface area (TPSA) is 50.1 Å². The van der Waals surface area contributed by atoms with Gasteiger partial charge in [-0.05, 0) is 24.6 Å². The smallest absolute Gasteiger partial charge is 0.310 e. The van der Waals surface area contributed by atoms with Gasteiger partial charge in [0.2, 0.25) is 0 Å². The number of esters is 1. The number of hydrogen-bond donors (Lipinski definition) is 0. The van der Waals surface area contributed by atoms with Crippen molar-refractivity contribution >= 4 is 21.9 Å². The highest BCUT2D eigenvalue weighted by Gasteiger charge is 2.13. The molecule has 0 saturated heterocycles. The Morgan fingerprint density at radius 2 is 2.24 bits per heavy atom. The van der Waals surface area contributed by atoms with Gasteiger partial charge in [-0.2, -0.15) is 5.26 Å². The normalized spacial score (nSPS) is 9.76. The molecule has 0 heterocycles. The Morgan fingerprint density at radius 1 is 1.53 bits per heavy atom. The molecule has 0 radical (unpaired) electrons. The molecule has 5 heteroatoms. The predicted molar refractivity (Wildman–Crippen MR) is 64.1 cm³/mol. The Balaban J connectivity index is 3.01. The first kappa shape index (κ1) is 13.7. The average Bonchev–Trinajstić information content (AvgIpc) is 2.31. The predicted octanol–water partition coefficient (Wildman–Crippen LogP) is 2.70. The molecular weight excluding hydrogens is 289 g/mol. The van der Waals surface area contributed by atoms with Crippen LogP contribution in [0.3, 0.4) is 0 Å². The molecule has 0 aliphatic carbocycles. The Morgan fingerprint density at radius 3 is 2.76 bits per heavy atom. The van der Waals surface area contributed by atoms with Crippen molar-refractivity contribution in [3.63, 3.8) is 0 Å². The fourth-order valence-corrected chi connectivity index (χ4v) is 1.84. The second-order valence-electron chi connectivity index (χ2n) is 3.33. The van der Waals surface area contributed by atoms with Crippen LogP contribution >= 0.6 is 15.9 Å². The molecule has 0 saturated carbocycles. The minimum atomic E-state index is -0.498. The number of nitriles is 1. The summed E-state index contributed by atoms with van der Waals surface area (Å²) < 4.78 is 18.3. The van der Waals surface area contributed by atoms with E-state index < -0.39 is 11.8 Å². The minimum Gasteiger partial charge on any atom is -0.466 e. The van der Waals surface area contributed by atoms with Crippen LogP contribution in [0.25, 0.3) is 0 Å². The maximum atomic E-state index is 13.6. The number of ether oxygens (including phenoxy) is 1.